The molecule has 2 fully saturated rings. The molecule has 1 amide bonds. The van der Waals surface area contributed by atoms with Gasteiger partial charge in [0.15, 0.2) is 0 Å². The predicted molar refractivity (Wildman–Crippen MR) is 82.7 cm³/mol. The smallest absolute Gasteiger partial charge is 0.240 e. The minimum atomic E-state index is 0.0769. The van der Waals surface area contributed by atoms with Crippen LogP contribution in [0.4, 0.5) is 0 Å². The number of nitrogens with zero attached hydrogens (tertiary/aromatic N) is 2. The molecule has 0 bridgehead atoms. The number of nitrogens with one attached hydrogen (secondary N) is 1. The highest BCUT2D eigenvalue weighted by Crippen LogP contribution is 2.24. The van der Waals surface area contributed by atoms with Crippen LogP contribution in [0.3, 0.4) is 0 Å². The fourth-order valence-electron chi connectivity index (χ4n) is 3.22. The maximum absolute atomic E-state index is 12.7. The fraction of sp³-hybridized carbons (Fsp3) is 0.938. The van der Waals surface area contributed by atoms with Gasteiger partial charge in [-0.1, -0.05) is 13.8 Å². The van der Waals surface area contributed by atoms with E-state index >= 15 is 0 Å². The normalized spacial score (nSPS) is 25.6. The number of piperidine rings is 1. The zero-order chi connectivity index (χ0) is 14.7. The maximum atomic E-state index is 12.7. The van der Waals surface area contributed by atoms with E-state index in [0.29, 0.717) is 23.9 Å². The topological polar surface area (TPSA) is 35.6 Å². The minimum absolute atomic E-state index is 0.0769. The van der Waals surface area contributed by atoms with E-state index < -0.39 is 0 Å². The largest absolute Gasteiger partial charge is 0.337 e. The molecule has 116 valence electrons. The molecule has 1 saturated carbocycles. The molecule has 20 heavy (non-hydrogen) atoms. The van der Waals surface area contributed by atoms with Crippen LogP contribution in [0.5, 0.6) is 0 Å². The van der Waals surface area contributed by atoms with Gasteiger partial charge in [0.25, 0.3) is 0 Å². The molecular weight excluding hydrogens is 250 g/mol. The summed E-state index contributed by atoms with van der Waals surface area (Å²) in [6.07, 6.45) is 5.74. The van der Waals surface area contributed by atoms with Gasteiger partial charge in [0, 0.05) is 25.2 Å². The van der Waals surface area contributed by atoms with Crippen LogP contribution in [0.1, 0.15) is 46.0 Å². The summed E-state index contributed by atoms with van der Waals surface area (Å²) in [6.45, 7) is 6.40. The van der Waals surface area contributed by atoms with E-state index in [1.807, 2.05) is 0 Å². The third kappa shape index (κ3) is 4.45. The molecule has 2 atom stereocenters. The van der Waals surface area contributed by atoms with Crippen LogP contribution in [0.25, 0.3) is 0 Å². The molecular formula is C16H31N3O. The molecule has 1 heterocycles. The third-order valence-electron chi connectivity index (χ3n) is 4.25. The number of hydrogen-bond donors (Lipinski definition) is 1. The highest BCUT2D eigenvalue weighted by molar-refractivity contribution is 5.83. The molecule has 2 unspecified atom stereocenters. The average Bonchev–Trinajstić information content (AvgIpc) is 3.14. The maximum Gasteiger partial charge on any atom is 0.240 e. The minimum Gasteiger partial charge on any atom is -0.337 e. The lowest BCUT2D eigenvalue weighted by molar-refractivity contribution is -0.139. The van der Waals surface area contributed by atoms with E-state index in [-0.39, 0.29) is 6.04 Å². The first-order valence-corrected chi connectivity index (χ1v) is 8.18. The summed E-state index contributed by atoms with van der Waals surface area (Å²) in [4.78, 5) is 17.1. The van der Waals surface area contributed by atoms with E-state index in [9.17, 15) is 4.79 Å². The van der Waals surface area contributed by atoms with E-state index in [1.54, 1.807) is 0 Å². The molecule has 0 aromatic heterocycles. The van der Waals surface area contributed by atoms with Gasteiger partial charge < -0.3 is 15.1 Å². The van der Waals surface area contributed by atoms with Gasteiger partial charge in [-0.3, -0.25) is 4.79 Å². The summed E-state index contributed by atoms with van der Waals surface area (Å²) < 4.78 is 0. The van der Waals surface area contributed by atoms with Crippen molar-refractivity contribution < 1.29 is 4.79 Å². The highest BCUT2D eigenvalue weighted by Gasteiger charge is 2.36. The van der Waals surface area contributed by atoms with Gasteiger partial charge in [0.1, 0.15) is 0 Å². The summed E-state index contributed by atoms with van der Waals surface area (Å²) in [7, 11) is 4.20. The first kappa shape index (κ1) is 15.8. The molecule has 2 rings (SSSR count). The van der Waals surface area contributed by atoms with Crippen LogP contribution in [0.2, 0.25) is 0 Å². The monoisotopic (exact) mass is 281 g/mol. The number of likely N-dealkylation sites (tertiary alicyclic amines) is 1. The quantitative estimate of drug-likeness (QED) is 0.771. The Bertz CT molecular complexity index is 316. The number of amides is 1. The molecule has 4 heteroatoms. The average molecular weight is 281 g/mol. The lowest BCUT2D eigenvalue weighted by Gasteiger charge is -2.40. The summed E-state index contributed by atoms with van der Waals surface area (Å²) in [5.74, 6) is 0.972. The molecule has 1 saturated heterocycles. The van der Waals surface area contributed by atoms with Gasteiger partial charge in [-0.05, 0) is 52.1 Å². The van der Waals surface area contributed by atoms with Gasteiger partial charge in [0.2, 0.25) is 5.91 Å². The summed E-state index contributed by atoms with van der Waals surface area (Å²) in [5.41, 5.74) is 0. The zero-order valence-electron chi connectivity index (χ0n) is 13.6. The third-order valence-corrected chi connectivity index (χ3v) is 4.25. The standard InChI is InChI=1S/C16H31N3O/c1-12(2)10-14(11-18(3)4)19-9-5-6-15(16(19)20)17-13-7-8-13/h12-15,17H,5-11H2,1-4H3. The lowest BCUT2D eigenvalue weighted by Crippen LogP contribution is -2.56. The van der Waals surface area contributed by atoms with Crippen LogP contribution in [0.15, 0.2) is 0 Å². The van der Waals surface area contributed by atoms with Crippen molar-refractivity contribution in [1.29, 1.82) is 0 Å². The van der Waals surface area contributed by atoms with Gasteiger partial charge in [0.05, 0.1) is 6.04 Å². The number of carbonyl (C=O) groups excluding carboxylic acids is 1. The Morgan fingerprint density at radius 2 is 2.00 bits per heavy atom. The zero-order valence-corrected chi connectivity index (χ0v) is 13.6. The van der Waals surface area contributed by atoms with Crippen molar-refractivity contribution in [1.82, 2.24) is 15.1 Å². The molecule has 0 radical (unpaired) electrons. The van der Waals surface area contributed by atoms with Crippen molar-refractivity contribution in [3.05, 3.63) is 0 Å². The van der Waals surface area contributed by atoms with E-state index in [0.717, 1.165) is 32.4 Å². The molecule has 0 aromatic carbocycles. The van der Waals surface area contributed by atoms with Crippen molar-refractivity contribution in [3.63, 3.8) is 0 Å². The fourth-order valence-corrected chi connectivity index (χ4v) is 3.22. The Hall–Kier alpha value is -0.610. The number of carbonyl (C=O) groups is 1. The van der Waals surface area contributed by atoms with E-state index in [2.05, 4.69) is 43.1 Å². The Labute approximate surface area is 123 Å². The highest BCUT2D eigenvalue weighted by atomic mass is 16.2. The summed E-state index contributed by atoms with van der Waals surface area (Å²) in [5, 5.41) is 3.53. The van der Waals surface area contributed by atoms with Crippen LogP contribution >= 0.6 is 0 Å². The van der Waals surface area contributed by atoms with E-state index in [1.165, 1.54) is 12.8 Å². The van der Waals surface area contributed by atoms with Gasteiger partial charge in [-0.25, -0.2) is 0 Å². The van der Waals surface area contributed by atoms with Crippen molar-refractivity contribution in [2.24, 2.45) is 5.92 Å². The van der Waals surface area contributed by atoms with Crippen molar-refractivity contribution in [3.8, 4) is 0 Å². The van der Waals surface area contributed by atoms with Gasteiger partial charge >= 0.3 is 0 Å². The van der Waals surface area contributed by atoms with Crippen molar-refractivity contribution in [2.75, 3.05) is 27.2 Å². The first-order chi connectivity index (χ1) is 9.47. The van der Waals surface area contributed by atoms with Gasteiger partial charge in [-0.15, -0.1) is 0 Å². The Kier molecular flexibility index (Phi) is 5.44. The Morgan fingerprint density at radius 1 is 1.30 bits per heavy atom. The molecule has 1 N–H and O–H groups in total. The second kappa shape index (κ2) is 6.90. The van der Waals surface area contributed by atoms with Crippen molar-refractivity contribution in [2.45, 2.75) is 64.1 Å². The predicted octanol–water partition coefficient (Wildman–Crippen LogP) is 1.71. The van der Waals surface area contributed by atoms with Crippen LogP contribution in [0, 0.1) is 5.92 Å². The molecule has 0 spiro atoms. The summed E-state index contributed by atoms with van der Waals surface area (Å²) >= 11 is 0. The number of hydrogen-bond acceptors (Lipinski definition) is 3. The molecule has 2 aliphatic rings. The molecule has 1 aliphatic carbocycles. The number of rotatable bonds is 7. The van der Waals surface area contributed by atoms with Crippen LogP contribution in [-0.2, 0) is 4.79 Å². The van der Waals surface area contributed by atoms with E-state index in [4.69, 9.17) is 0 Å². The first-order valence-electron chi connectivity index (χ1n) is 8.18. The van der Waals surface area contributed by atoms with Crippen LogP contribution < -0.4 is 5.32 Å². The number of likely N-dealkylation sites (N-methyl/N-ethyl adjacent to an activating group) is 1. The van der Waals surface area contributed by atoms with Crippen molar-refractivity contribution >= 4 is 5.91 Å². The summed E-state index contributed by atoms with van der Waals surface area (Å²) in [6, 6.07) is 1.05. The van der Waals surface area contributed by atoms with Crippen LogP contribution in [-0.4, -0.2) is 61.0 Å². The SMILES string of the molecule is CC(C)CC(CN(C)C)N1CCCC(NC2CC2)C1=O. The Morgan fingerprint density at radius 3 is 2.55 bits per heavy atom. The molecule has 1 aliphatic heterocycles. The second-order valence-corrected chi connectivity index (χ2v) is 7.21. The van der Waals surface area contributed by atoms with Gasteiger partial charge in [-0.2, -0.15) is 0 Å². The molecule has 4 nitrogen and oxygen atoms in total. The second-order valence-electron chi connectivity index (χ2n) is 7.21. The lowest BCUT2D eigenvalue weighted by atomic mass is 9.97. The molecule has 0 aromatic rings. The Balaban J connectivity index is 1.99.